The molecule has 5 heteroatoms. The van der Waals surface area contributed by atoms with Gasteiger partial charge in [-0.3, -0.25) is 4.57 Å². The van der Waals surface area contributed by atoms with Gasteiger partial charge in [0.05, 0.1) is 0 Å². The van der Waals surface area contributed by atoms with Crippen LogP contribution in [0.5, 0.6) is 0 Å². The second-order valence-corrected chi connectivity index (χ2v) is 8.71. The van der Waals surface area contributed by atoms with E-state index in [0.717, 1.165) is 52.0 Å². The molecule has 134 valence electrons. The third kappa shape index (κ3) is 8.63. The minimum Gasteiger partial charge on any atom is -0.383 e. The van der Waals surface area contributed by atoms with Gasteiger partial charge >= 0.3 is 8.72 Å². The summed E-state index contributed by atoms with van der Waals surface area (Å²) in [6.07, 6.45) is 5.87. The van der Waals surface area contributed by atoms with Crippen molar-refractivity contribution >= 4 is 8.72 Å². The molecule has 0 saturated heterocycles. The Morgan fingerprint density at radius 1 is 0.727 bits per heavy atom. The van der Waals surface area contributed by atoms with E-state index in [-0.39, 0.29) is 0 Å². The Morgan fingerprint density at radius 2 is 1.27 bits per heavy atom. The SMILES string of the molecule is CCCCN(CCCC)[Si](CCCOCC)(OCC)OCC. The second-order valence-electron chi connectivity index (χ2n) is 5.57. The van der Waals surface area contributed by atoms with Crippen molar-refractivity contribution in [3.8, 4) is 0 Å². The lowest BCUT2D eigenvalue weighted by Gasteiger charge is -2.40. The molecular formula is C17H39NO3Si. The summed E-state index contributed by atoms with van der Waals surface area (Å²) in [4.78, 5) is 0. The van der Waals surface area contributed by atoms with Crippen molar-refractivity contribution in [3.05, 3.63) is 0 Å². The maximum Gasteiger partial charge on any atom is 0.427 e. The molecule has 0 aliphatic carbocycles. The average Bonchev–Trinajstić information content (AvgIpc) is 2.52. The van der Waals surface area contributed by atoms with Gasteiger partial charge < -0.3 is 13.6 Å². The number of ether oxygens (including phenoxy) is 1. The molecule has 0 unspecified atom stereocenters. The smallest absolute Gasteiger partial charge is 0.383 e. The Hall–Kier alpha value is 0.0569. The van der Waals surface area contributed by atoms with E-state index in [1.54, 1.807) is 0 Å². The third-order valence-corrected chi connectivity index (χ3v) is 7.65. The van der Waals surface area contributed by atoms with E-state index >= 15 is 0 Å². The molecule has 0 atom stereocenters. The Bertz CT molecular complexity index is 228. The summed E-state index contributed by atoms with van der Waals surface area (Å²) in [6, 6.07) is 1.00. The number of rotatable bonds is 16. The minimum absolute atomic E-state index is 0.732. The molecule has 0 rings (SSSR count). The zero-order valence-electron chi connectivity index (χ0n) is 15.7. The predicted octanol–water partition coefficient (Wildman–Crippen LogP) is 4.33. The number of hydrogen-bond acceptors (Lipinski definition) is 4. The van der Waals surface area contributed by atoms with Crippen molar-refractivity contribution in [2.75, 3.05) is 39.5 Å². The van der Waals surface area contributed by atoms with Gasteiger partial charge in [0.25, 0.3) is 0 Å². The highest BCUT2D eigenvalue weighted by Crippen LogP contribution is 2.23. The van der Waals surface area contributed by atoms with Crippen molar-refractivity contribution in [2.45, 2.75) is 72.8 Å². The molecule has 0 radical (unpaired) electrons. The summed E-state index contributed by atoms with van der Waals surface area (Å²) in [6.45, 7) is 16.0. The van der Waals surface area contributed by atoms with E-state index in [0.29, 0.717) is 0 Å². The molecule has 0 aromatic carbocycles. The Kier molecular flexibility index (Phi) is 14.7. The summed E-state index contributed by atoms with van der Waals surface area (Å²) in [5, 5.41) is 0. The molecule has 0 spiro atoms. The standard InChI is InChI=1S/C17H39NO3Si/c1-6-11-14-18(15-12-7-2)22(20-9-4,21-10-5)17-13-16-19-8-3/h6-17H2,1-5H3. The third-order valence-electron chi connectivity index (χ3n) is 3.77. The zero-order chi connectivity index (χ0) is 16.7. The largest absolute Gasteiger partial charge is 0.427 e. The van der Waals surface area contributed by atoms with E-state index in [1.807, 2.05) is 6.92 Å². The zero-order valence-corrected chi connectivity index (χ0v) is 16.7. The molecule has 0 saturated carbocycles. The molecule has 0 bridgehead atoms. The fourth-order valence-corrected chi connectivity index (χ4v) is 6.21. The first-order valence-electron chi connectivity index (χ1n) is 9.31. The number of unbranched alkanes of at least 4 members (excludes halogenated alkanes) is 2. The predicted molar refractivity (Wildman–Crippen MR) is 96.3 cm³/mol. The van der Waals surface area contributed by atoms with Crippen molar-refractivity contribution in [1.29, 1.82) is 0 Å². The van der Waals surface area contributed by atoms with Crippen molar-refractivity contribution < 1.29 is 13.6 Å². The van der Waals surface area contributed by atoms with Gasteiger partial charge in [-0.1, -0.05) is 26.7 Å². The van der Waals surface area contributed by atoms with Crippen LogP contribution in [-0.4, -0.2) is 52.8 Å². The van der Waals surface area contributed by atoms with Crippen LogP contribution in [0.25, 0.3) is 0 Å². The van der Waals surface area contributed by atoms with E-state index in [4.69, 9.17) is 13.6 Å². The Labute approximate surface area is 139 Å². The molecule has 0 aromatic heterocycles. The first kappa shape index (κ1) is 22.1. The van der Waals surface area contributed by atoms with Gasteiger partial charge in [0.1, 0.15) is 0 Å². The molecule has 0 aliphatic rings. The summed E-state index contributed by atoms with van der Waals surface area (Å²) >= 11 is 0. The lowest BCUT2D eigenvalue weighted by molar-refractivity contribution is 0.108. The van der Waals surface area contributed by atoms with Crippen molar-refractivity contribution in [2.24, 2.45) is 0 Å². The quantitative estimate of drug-likeness (QED) is 0.311. The van der Waals surface area contributed by atoms with E-state index in [1.165, 1.54) is 25.7 Å². The highest BCUT2D eigenvalue weighted by molar-refractivity contribution is 6.64. The molecule has 0 aliphatic heterocycles. The molecular weight excluding hydrogens is 294 g/mol. The maximum atomic E-state index is 6.29. The first-order chi connectivity index (χ1) is 10.7. The molecule has 4 nitrogen and oxygen atoms in total. The molecule has 22 heavy (non-hydrogen) atoms. The van der Waals surface area contributed by atoms with Crippen LogP contribution < -0.4 is 0 Å². The van der Waals surface area contributed by atoms with Gasteiger partial charge in [-0.2, -0.15) is 0 Å². The minimum atomic E-state index is -2.30. The van der Waals surface area contributed by atoms with Gasteiger partial charge in [0, 0.05) is 32.5 Å². The lowest BCUT2D eigenvalue weighted by atomic mass is 10.3. The van der Waals surface area contributed by atoms with Crippen LogP contribution in [0.15, 0.2) is 0 Å². The topological polar surface area (TPSA) is 30.9 Å². The molecule has 0 fully saturated rings. The van der Waals surface area contributed by atoms with Crippen LogP contribution in [-0.2, 0) is 13.6 Å². The van der Waals surface area contributed by atoms with Gasteiger partial charge in [-0.15, -0.1) is 0 Å². The molecule has 0 aromatic rings. The summed E-state index contributed by atoms with van der Waals surface area (Å²) in [5.74, 6) is 0. The Balaban J connectivity index is 4.95. The lowest BCUT2D eigenvalue weighted by Crippen LogP contribution is -2.59. The van der Waals surface area contributed by atoms with Gasteiger partial charge in [0.2, 0.25) is 0 Å². The van der Waals surface area contributed by atoms with Crippen LogP contribution in [0.3, 0.4) is 0 Å². The monoisotopic (exact) mass is 333 g/mol. The van der Waals surface area contributed by atoms with E-state index in [2.05, 4.69) is 32.3 Å². The number of hydrogen-bond donors (Lipinski definition) is 0. The fourth-order valence-electron chi connectivity index (χ4n) is 2.67. The van der Waals surface area contributed by atoms with Crippen LogP contribution >= 0.6 is 0 Å². The van der Waals surface area contributed by atoms with E-state index < -0.39 is 8.72 Å². The van der Waals surface area contributed by atoms with Gasteiger partial charge in [-0.25, -0.2) is 0 Å². The Morgan fingerprint density at radius 3 is 1.68 bits per heavy atom. The summed E-state index contributed by atoms with van der Waals surface area (Å²) < 4.78 is 20.7. The van der Waals surface area contributed by atoms with Crippen molar-refractivity contribution in [1.82, 2.24) is 4.57 Å². The maximum absolute atomic E-state index is 6.29. The second kappa shape index (κ2) is 14.6. The number of nitrogens with zero attached hydrogens (tertiary/aromatic N) is 1. The highest BCUT2D eigenvalue weighted by atomic mass is 28.4. The molecule has 0 heterocycles. The molecule has 0 amide bonds. The highest BCUT2D eigenvalue weighted by Gasteiger charge is 2.43. The van der Waals surface area contributed by atoms with Crippen LogP contribution in [0, 0.1) is 0 Å². The van der Waals surface area contributed by atoms with Crippen LogP contribution in [0.2, 0.25) is 6.04 Å². The first-order valence-corrected chi connectivity index (χ1v) is 11.3. The fraction of sp³-hybridized carbons (Fsp3) is 1.00. The normalized spacial score (nSPS) is 12.3. The molecule has 0 N–H and O–H groups in total. The van der Waals surface area contributed by atoms with Gasteiger partial charge in [0.15, 0.2) is 0 Å². The summed E-state index contributed by atoms with van der Waals surface area (Å²) in [5.41, 5.74) is 0. The van der Waals surface area contributed by atoms with Gasteiger partial charge in [-0.05, 0) is 53.1 Å². The van der Waals surface area contributed by atoms with Crippen LogP contribution in [0.1, 0.15) is 66.7 Å². The average molecular weight is 334 g/mol. The van der Waals surface area contributed by atoms with Crippen molar-refractivity contribution in [3.63, 3.8) is 0 Å². The van der Waals surface area contributed by atoms with Crippen LogP contribution in [0.4, 0.5) is 0 Å². The van der Waals surface area contributed by atoms with E-state index in [9.17, 15) is 0 Å². The summed E-state index contributed by atoms with van der Waals surface area (Å²) in [7, 11) is -2.30.